The van der Waals surface area contributed by atoms with Gasteiger partial charge in [-0.2, -0.15) is 0 Å². The first kappa shape index (κ1) is 11.4. The van der Waals surface area contributed by atoms with Crippen LogP contribution in [0.1, 0.15) is 10.5 Å². The summed E-state index contributed by atoms with van der Waals surface area (Å²) in [6.45, 7) is 0. The van der Waals surface area contributed by atoms with Gasteiger partial charge in [0.05, 0.1) is 0 Å². The van der Waals surface area contributed by atoms with E-state index < -0.39 is 14.2 Å². The molecule has 1 unspecified atom stereocenters. The molecular formula is C10H8N2O4P+. The van der Waals surface area contributed by atoms with Crippen molar-refractivity contribution in [1.29, 1.82) is 0 Å². The molecule has 2 rings (SSSR count). The monoisotopic (exact) mass is 251 g/mol. The van der Waals surface area contributed by atoms with Gasteiger partial charge in [-0.05, 0) is 12.1 Å². The lowest BCUT2D eigenvalue weighted by atomic mass is 10.1. The Morgan fingerprint density at radius 1 is 1.35 bits per heavy atom. The quantitative estimate of drug-likeness (QED) is 0.802. The number of hydrogen-bond donors (Lipinski definition) is 2. The van der Waals surface area contributed by atoms with Crippen molar-refractivity contribution in [1.82, 2.24) is 4.98 Å². The number of nitrogens with zero attached hydrogens (tertiary/aromatic N) is 1. The Kier molecular flexibility index (Phi) is 2.99. The number of aromatic nitrogens is 1. The molecule has 0 saturated carbocycles. The third kappa shape index (κ3) is 2.22. The normalized spacial score (nSPS) is 11.2. The van der Waals surface area contributed by atoms with Crippen molar-refractivity contribution in [2.45, 2.75) is 0 Å². The van der Waals surface area contributed by atoms with Gasteiger partial charge < -0.3 is 5.73 Å². The van der Waals surface area contributed by atoms with Crippen LogP contribution in [0.25, 0.3) is 10.8 Å². The minimum atomic E-state index is -2.76. The molecule has 0 spiro atoms. The van der Waals surface area contributed by atoms with Crippen LogP contribution >= 0.6 is 8.25 Å². The fourth-order valence-electron chi connectivity index (χ4n) is 1.54. The number of primary amides is 1. The lowest BCUT2D eigenvalue weighted by Crippen LogP contribution is -2.13. The average Bonchev–Trinajstić information content (AvgIpc) is 2.28. The Morgan fingerprint density at radius 3 is 2.76 bits per heavy atom. The second kappa shape index (κ2) is 4.45. The zero-order valence-electron chi connectivity index (χ0n) is 8.53. The molecule has 0 fully saturated rings. The molecule has 0 saturated heterocycles. The Labute approximate surface area is 97.0 Å². The maximum atomic E-state index is 11.2. The molecule has 17 heavy (non-hydrogen) atoms. The van der Waals surface area contributed by atoms with Crippen LogP contribution in [-0.4, -0.2) is 15.8 Å². The smallest absolute Gasteiger partial charge is 0.364 e. The van der Waals surface area contributed by atoms with Crippen molar-refractivity contribution < 1.29 is 18.8 Å². The standard InChI is InChI=1S/C10H7N2O4P/c11-10(13)9-7-2-1-3-8(16-17(14)15)6(7)4-5-12-9/h1-5H,(H2-,11,13,14,15)/p+1. The number of carbonyl (C=O) groups is 1. The molecule has 0 radical (unpaired) electrons. The average molecular weight is 251 g/mol. The van der Waals surface area contributed by atoms with Gasteiger partial charge in [0, 0.05) is 21.5 Å². The van der Waals surface area contributed by atoms with Gasteiger partial charge in [-0.1, -0.05) is 12.1 Å². The summed E-state index contributed by atoms with van der Waals surface area (Å²) in [4.78, 5) is 23.7. The second-order valence-corrected chi connectivity index (χ2v) is 3.86. The first-order valence-corrected chi connectivity index (χ1v) is 5.74. The lowest BCUT2D eigenvalue weighted by Gasteiger charge is -2.03. The van der Waals surface area contributed by atoms with E-state index in [1.807, 2.05) is 0 Å². The molecule has 3 N–H and O–H groups in total. The topological polar surface area (TPSA) is 103 Å². The van der Waals surface area contributed by atoms with Crippen LogP contribution in [0.15, 0.2) is 30.5 Å². The summed E-state index contributed by atoms with van der Waals surface area (Å²) < 4.78 is 15.4. The second-order valence-electron chi connectivity index (χ2n) is 3.20. The SMILES string of the molecule is NC(=O)c1nccc2c(O[P+](=O)O)cccc12. The lowest BCUT2D eigenvalue weighted by molar-refractivity contribution is 0.0997. The van der Waals surface area contributed by atoms with E-state index in [0.717, 1.165) is 0 Å². The zero-order valence-corrected chi connectivity index (χ0v) is 9.42. The molecule has 6 nitrogen and oxygen atoms in total. The molecule has 0 aliphatic heterocycles. The number of carbonyl (C=O) groups excluding carboxylic acids is 1. The van der Waals surface area contributed by atoms with Gasteiger partial charge in [-0.3, -0.25) is 9.78 Å². The van der Waals surface area contributed by atoms with Crippen LogP contribution in [0.5, 0.6) is 5.75 Å². The molecule has 1 heterocycles. The fraction of sp³-hybridized carbons (Fsp3) is 0. The first-order valence-electron chi connectivity index (χ1n) is 4.61. The first-order chi connectivity index (χ1) is 8.09. The molecule has 0 aliphatic rings. The van der Waals surface area contributed by atoms with Crippen LogP contribution in [0, 0.1) is 0 Å². The zero-order chi connectivity index (χ0) is 12.4. The van der Waals surface area contributed by atoms with Crippen molar-refractivity contribution >= 4 is 24.9 Å². The fourth-order valence-corrected chi connectivity index (χ4v) is 1.87. The van der Waals surface area contributed by atoms with E-state index in [1.165, 1.54) is 12.3 Å². The summed E-state index contributed by atoms with van der Waals surface area (Å²) in [6.07, 6.45) is 1.39. The summed E-state index contributed by atoms with van der Waals surface area (Å²) in [5.74, 6) is -0.461. The minimum absolute atomic E-state index is 0.0983. The molecule has 0 bridgehead atoms. The summed E-state index contributed by atoms with van der Waals surface area (Å²) in [6, 6.07) is 6.33. The van der Waals surface area contributed by atoms with E-state index in [4.69, 9.17) is 15.2 Å². The number of hydrogen-bond acceptors (Lipinski definition) is 4. The number of fused-ring (bicyclic) bond motifs is 1. The van der Waals surface area contributed by atoms with Crippen molar-refractivity contribution in [2.75, 3.05) is 0 Å². The van der Waals surface area contributed by atoms with Gasteiger partial charge in [0.1, 0.15) is 5.69 Å². The van der Waals surface area contributed by atoms with E-state index >= 15 is 0 Å². The van der Waals surface area contributed by atoms with Crippen molar-refractivity contribution in [3.05, 3.63) is 36.2 Å². The summed E-state index contributed by atoms with van der Waals surface area (Å²) in [5.41, 5.74) is 5.28. The highest BCUT2D eigenvalue weighted by Gasteiger charge is 2.18. The van der Waals surface area contributed by atoms with Crippen molar-refractivity contribution in [2.24, 2.45) is 5.73 Å². The van der Waals surface area contributed by atoms with Crippen molar-refractivity contribution in [3.8, 4) is 5.75 Å². The molecule has 1 atom stereocenters. The Balaban J connectivity index is 2.69. The predicted octanol–water partition coefficient (Wildman–Crippen LogP) is 1.36. The Morgan fingerprint density at radius 2 is 2.12 bits per heavy atom. The number of pyridine rings is 1. The van der Waals surface area contributed by atoms with Gasteiger partial charge in [-0.15, -0.1) is 4.89 Å². The van der Waals surface area contributed by atoms with Crippen LogP contribution in [0.2, 0.25) is 0 Å². The Bertz CT molecular complexity index is 614. The summed E-state index contributed by atoms with van der Waals surface area (Å²) in [7, 11) is -2.76. The van der Waals surface area contributed by atoms with Crippen LogP contribution in [0.3, 0.4) is 0 Å². The highest BCUT2D eigenvalue weighted by Crippen LogP contribution is 2.31. The summed E-state index contributed by atoms with van der Waals surface area (Å²) in [5, 5.41) is 0.989. The number of rotatable bonds is 3. The molecular weight excluding hydrogens is 243 g/mol. The van der Waals surface area contributed by atoms with Crippen LogP contribution < -0.4 is 10.3 Å². The summed E-state index contributed by atoms with van der Waals surface area (Å²) >= 11 is 0. The van der Waals surface area contributed by atoms with E-state index in [2.05, 4.69) is 4.98 Å². The Hall–Kier alpha value is -2.04. The third-order valence-corrected chi connectivity index (χ3v) is 2.53. The van der Waals surface area contributed by atoms with E-state index in [1.54, 1.807) is 18.2 Å². The van der Waals surface area contributed by atoms with Crippen LogP contribution in [0.4, 0.5) is 0 Å². The van der Waals surface area contributed by atoms with Crippen LogP contribution in [-0.2, 0) is 4.57 Å². The van der Waals surface area contributed by atoms with Crippen molar-refractivity contribution in [3.63, 3.8) is 0 Å². The molecule has 86 valence electrons. The molecule has 1 aromatic carbocycles. The number of amides is 1. The number of benzene rings is 1. The maximum absolute atomic E-state index is 11.2. The van der Waals surface area contributed by atoms with Gasteiger partial charge in [0.15, 0.2) is 5.75 Å². The molecule has 1 aromatic heterocycles. The highest BCUT2D eigenvalue weighted by atomic mass is 31.1. The number of nitrogens with two attached hydrogens (primary N) is 1. The van der Waals surface area contributed by atoms with Gasteiger partial charge in [0.2, 0.25) is 0 Å². The predicted molar refractivity (Wildman–Crippen MR) is 60.7 cm³/mol. The molecule has 7 heteroatoms. The molecule has 0 aliphatic carbocycles. The van der Waals surface area contributed by atoms with E-state index in [9.17, 15) is 9.36 Å². The molecule has 2 aromatic rings. The van der Waals surface area contributed by atoms with Gasteiger partial charge in [-0.25, -0.2) is 4.52 Å². The largest absolute Gasteiger partial charge is 0.747 e. The van der Waals surface area contributed by atoms with Gasteiger partial charge in [0.25, 0.3) is 5.91 Å². The maximum Gasteiger partial charge on any atom is 0.747 e. The van der Waals surface area contributed by atoms with E-state index in [-0.39, 0.29) is 11.4 Å². The third-order valence-electron chi connectivity index (χ3n) is 2.18. The minimum Gasteiger partial charge on any atom is -0.364 e. The van der Waals surface area contributed by atoms with E-state index in [0.29, 0.717) is 10.8 Å². The van der Waals surface area contributed by atoms with Gasteiger partial charge >= 0.3 is 8.25 Å². The highest BCUT2D eigenvalue weighted by molar-refractivity contribution is 7.32. The molecule has 1 amide bonds.